The molecular weight excluding hydrogens is 354 g/mol. The molecule has 3 nitrogen and oxygen atoms in total. The Bertz CT molecular complexity index is 661. The first-order valence-corrected chi connectivity index (χ1v) is 7.58. The van der Waals surface area contributed by atoms with Gasteiger partial charge >= 0.3 is 0 Å². The zero-order valence-electron chi connectivity index (χ0n) is 12.1. The summed E-state index contributed by atoms with van der Waals surface area (Å²) in [4.78, 5) is 0. The van der Waals surface area contributed by atoms with Crippen molar-refractivity contribution in [2.24, 2.45) is 5.73 Å². The number of benzene rings is 2. The zero-order chi connectivity index (χ0) is 15.6. The van der Waals surface area contributed by atoms with Gasteiger partial charge in [0.25, 0.3) is 0 Å². The Morgan fingerprint density at radius 2 is 1.81 bits per heavy atom. The maximum Gasteiger partial charge on any atom is 0.141 e. The van der Waals surface area contributed by atoms with Gasteiger partial charge in [0.15, 0.2) is 0 Å². The molecule has 0 amide bonds. The smallest absolute Gasteiger partial charge is 0.141 e. The Labute approximate surface area is 138 Å². The van der Waals surface area contributed by atoms with E-state index in [4.69, 9.17) is 26.8 Å². The van der Waals surface area contributed by atoms with Gasteiger partial charge in [-0.15, -0.1) is 0 Å². The van der Waals surface area contributed by atoms with Gasteiger partial charge in [0.1, 0.15) is 16.0 Å². The molecular formula is C16H17BrClNO2. The molecule has 1 unspecified atom stereocenters. The third-order valence-electron chi connectivity index (χ3n) is 3.43. The molecule has 2 aromatic carbocycles. The number of ether oxygens (including phenoxy) is 2. The molecule has 1 atom stereocenters. The number of rotatable bonds is 4. The maximum absolute atomic E-state index is 6.42. The summed E-state index contributed by atoms with van der Waals surface area (Å²) >= 11 is 9.58. The quantitative estimate of drug-likeness (QED) is 0.863. The molecule has 0 fully saturated rings. The van der Waals surface area contributed by atoms with Crippen LogP contribution in [0.5, 0.6) is 11.5 Å². The number of aryl methyl sites for hydroxylation is 1. The van der Waals surface area contributed by atoms with E-state index in [0.717, 1.165) is 21.2 Å². The molecule has 112 valence electrons. The van der Waals surface area contributed by atoms with Crippen LogP contribution in [0.4, 0.5) is 0 Å². The van der Waals surface area contributed by atoms with Gasteiger partial charge in [0.2, 0.25) is 0 Å². The van der Waals surface area contributed by atoms with Crippen molar-refractivity contribution >= 4 is 27.5 Å². The lowest BCUT2D eigenvalue weighted by atomic mass is 9.95. The first-order chi connectivity index (χ1) is 9.99. The number of methoxy groups -OCH3 is 2. The number of hydrogen-bond acceptors (Lipinski definition) is 3. The summed E-state index contributed by atoms with van der Waals surface area (Å²) in [7, 11) is 3.22. The van der Waals surface area contributed by atoms with Gasteiger partial charge in [-0.05, 0) is 58.2 Å². The molecule has 0 aliphatic heterocycles. The summed E-state index contributed by atoms with van der Waals surface area (Å²) < 4.78 is 11.5. The second-order valence-corrected chi connectivity index (χ2v) is 5.91. The van der Waals surface area contributed by atoms with Gasteiger partial charge in [0.05, 0.1) is 20.3 Å². The standard InChI is InChI=1S/C16H17BrClNO2/c1-9-4-5-10(18)8-12(9)15(19)11-6-7-13(20-2)14(17)16(11)21-3/h4-8,15H,19H2,1-3H3. The third kappa shape index (κ3) is 3.18. The fourth-order valence-electron chi connectivity index (χ4n) is 2.28. The van der Waals surface area contributed by atoms with Crippen molar-refractivity contribution in [1.82, 2.24) is 0 Å². The lowest BCUT2D eigenvalue weighted by molar-refractivity contribution is 0.385. The highest BCUT2D eigenvalue weighted by Crippen LogP contribution is 2.41. The third-order valence-corrected chi connectivity index (χ3v) is 4.41. The van der Waals surface area contributed by atoms with Crippen LogP contribution in [-0.4, -0.2) is 14.2 Å². The van der Waals surface area contributed by atoms with E-state index < -0.39 is 0 Å². The molecule has 0 aliphatic rings. The Morgan fingerprint density at radius 1 is 1.10 bits per heavy atom. The lowest BCUT2D eigenvalue weighted by Crippen LogP contribution is -2.15. The SMILES string of the molecule is COc1ccc(C(N)c2cc(Cl)ccc2C)c(OC)c1Br. The molecule has 2 rings (SSSR count). The summed E-state index contributed by atoms with van der Waals surface area (Å²) in [6, 6.07) is 9.14. The van der Waals surface area contributed by atoms with E-state index in [2.05, 4.69) is 15.9 Å². The second-order valence-electron chi connectivity index (χ2n) is 4.68. The van der Waals surface area contributed by atoms with Gasteiger partial charge < -0.3 is 15.2 Å². The second kappa shape index (κ2) is 6.69. The Morgan fingerprint density at radius 3 is 2.43 bits per heavy atom. The molecule has 0 bridgehead atoms. The van der Waals surface area contributed by atoms with Crippen LogP contribution < -0.4 is 15.2 Å². The first kappa shape index (κ1) is 16.1. The molecule has 5 heteroatoms. The van der Waals surface area contributed by atoms with Crippen molar-refractivity contribution in [2.75, 3.05) is 14.2 Å². The van der Waals surface area contributed by atoms with Crippen LogP contribution in [0.25, 0.3) is 0 Å². The minimum atomic E-state index is -0.333. The lowest BCUT2D eigenvalue weighted by Gasteiger charge is -2.20. The largest absolute Gasteiger partial charge is 0.495 e. The van der Waals surface area contributed by atoms with Crippen molar-refractivity contribution in [1.29, 1.82) is 0 Å². The maximum atomic E-state index is 6.42. The van der Waals surface area contributed by atoms with Crippen LogP contribution in [-0.2, 0) is 0 Å². The Kier molecular flexibility index (Phi) is 5.14. The van der Waals surface area contributed by atoms with Gasteiger partial charge in [-0.2, -0.15) is 0 Å². The highest BCUT2D eigenvalue weighted by Gasteiger charge is 2.20. The fourth-order valence-corrected chi connectivity index (χ4v) is 3.14. The predicted molar refractivity (Wildman–Crippen MR) is 89.5 cm³/mol. The average molecular weight is 371 g/mol. The molecule has 0 aliphatic carbocycles. The van der Waals surface area contributed by atoms with E-state index in [1.165, 1.54) is 0 Å². The van der Waals surface area contributed by atoms with Crippen LogP contribution in [0.2, 0.25) is 5.02 Å². The normalized spacial score (nSPS) is 12.1. The highest BCUT2D eigenvalue weighted by atomic mass is 79.9. The molecule has 21 heavy (non-hydrogen) atoms. The minimum Gasteiger partial charge on any atom is -0.495 e. The van der Waals surface area contributed by atoms with E-state index >= 15 is 0 Å². The van der Waals surface area contributed by atoms with Crippen molar-refractivity contribution in [2.45, 2.75) is 13.0 Å². The average Bonchev–Trinajstić information content (AvgIpc) is 2.48. The van der Waals surface area contributed by atoms with Crippen molar-refractivity contribution in [3.05, 3.63) is 56.5 Å². The van der Waals surface area contributed by atoms with Crippen LogP contribution in [0.3, 0.4) is 0 Å². The van der Waals surface area contributed by atoms with Crippen molar-refractivity contribution in [3.8, 4) is 11.5 Å². The molecule has 2 N–H and O–H groups in total. The summed E-state index contributed by atoms with van der Waals surface area (Å²) in [6.45, 7) is 2.01. The predicted octanol–water partition coefficient (Wildman–Crippen LogP) is 4.48. The summed E-state index contributed by atoms with van der Waals surface area (Å²) in [6.07, 6.45) is 0. The van der Waals surface area contributed by atoms with E-state index in [9.17, 15) is 0 Å². The summed E-state index contributed by atoms with van der Waals surface area (Å²) in [5.41, 5.74) is 9.35. The van der Waals surface area contributed by atoms with Crippen LogP contribution >= 0.6 is 27.5 Å². The number of nitrogens with two attached hydrogens (primary N) is 1. The highest BCUT2D eigenvalue weighted by molar-refractivity contribution is 9.10. The Hall–Kier alpha value is -1.23. The molecule has 0 aromatic heterocycles. The number of halogens is 2. The fraction of sp³-hybridized carbons (Fsp3) is 0.250. The molecule has 0 saturated carbocycles. The molecule has 0 saturated heterocycles. The van der Waals surface area contributed by atoms with Gasteiger partial charge in [-0.3, -0.25) is 0 Å². The van der Waals surface area contributed by atoms with E-state index in [-0.39, 0.29) is 6.04 Å². The Balaban J connectivity index is 2.55. The van der Waals surface area contributed by atoms with Gasteiger partial charge in [-0.25, -0.2) is 0 Å². The van der Waals surface area contributed by atoms with Gasteiger partial charge in [0, 0.05) is 10.6 Å². The minimum absolute atomic E-state index is 0.333. The molecule has 0 heterocycles. The van der Waals surface area contributed by atoms with Crippen LogP contribution in [0, 0.1) is 6.92 Å². The summed E-state index contributed by atoms with van der Waals surface area (Å²) in [5.74, 6) is 1.37. The number of hydrogen-bond donors (Lipinski definition) is 1. The van der Waals surface area contributed by atoms with E-state index in [1.807, 2.05) is 37.3 Å². The van der Waals surface area contributed by atoms with E-state index in [1.54, 1.807) is 14.2 Å². The zero-order valence-corrected chi connectivity index (χ0v) is 14.5. The molecule has 2 aromatic rings. The molecule has 0 spiro atoms. The monoisotopic (exact) mass is 369 g/mol. The molecule has 0 radical (unpaired) electrons. The first-order valence-electron chi connectivity index (χ1n) is 6.41. The van der Waals surface area contributed by atoms with Crippen molar-refractivity contribution in [3.63, 3.8) is 0 Å². The summed E-state index contributed by atoms with van der Waals surface area (Å²) in [5, 5.41) is 0.664. The topological polar surface area (TPSA) is 44.5 Å². The van der Waals surface area contributed by atoms with E-state index in [0.29, 0.717) is 16.5 Å². The van der Waals surface area contributed by atoms with Crippen LogP contribution in [0.15, 0.2) is 34.8 Å². The van der Waals surface area contributed by atoms with Gasteiger partial charge in [-0.1, -0.05) is 17.7 Å². The van der Waals surface area contributed by atoms with Crippen molar-refractivity contribution < 1.29 is 9.47 Å². The van der Waals surface area contributed by atoms with Crippen LogP contribution in [0.1, 0.15) is 22.7 Å².